The van der Waals surface area contributed by atoms with Gasteiger partial charge in [-0.15, -0.1) is 0 Å². The summed E-state index contributed by atoms with van der Waals surface area (Å²) in [5, 5.41) is 0. The monoisotopic (exact) mass is 251 g/mol. The third-order valence-electron chi connectivity index (χ3n) is 3.71. The molecule has 0 heterocycles. The summed E-state index contributed by atoms with van der Waals surface area (Å²) in [6, 6.07) is 5.70. The third-order valence-corrected chi connectivity index (χ3v) is 3.71. The van der Waals surface area contributed by atoms with E-state index in [2.05, 4.69) is 0 Å². The van der Waals surface area contributed by atoms with E-state index < -0.39 is 0 Å². The van der Waals surface area contributed by atoms with E-state index in [4.69, 9.17) is 10.5 Å². The summed E-state index contributed by atoms with van der Waals surface area (Å²) in [6.07, 6.45) is 5.48. The first-order chi connectivity index (χ1) is 8.69. The summed E-state index contributed by atoms with van der Waals surface area (Å²) in [5.41, 5.74) is 6.96. The minimum Gasteiger partial charge on any atom is -0.491 e. The largest absolute Gasteiger partial charge is 0.491 e. The van der Waals surface area contributed by atoms with Crippen molar-refractivity contribution in [3.05, 3.63) is 29.6 Å². The average molecular weight is 251 g/mol. The van der Waals surface area contributed by atoms with Crippen molar-refractivity contribution >= 4 is 0 Å². The number of benzene rings is 1. The molecule has 0 amide bonds. The Kier molecular flexibility index (Phi) is 4.59. The topological polar surface area (TPSA) is 35.2 Å². The fourth-order valence-corrected chi connectivity index (χ4v) is 2.67. The number of hydrogen-bond acceptors (Lipinski definition) is 2. The smallest absolute Gasteiger partial charge is 0.165 e. The first kappa shape index (κ1) is 13.3. The molecule has 1 saturated carbocycles. The second-order valence-electron chi connectivity index (χ2n) is 5.18. The van der Waals surface area contributed by atoms with Gasteiger partial charge in [-0.1, -0.05) is 6.07 Å². The van der Waals surface area contributed by atoms with Gasteiger partial charge in [-0.05, 0) is 62.6 Å². The maximum Gasteiger partial charge on any atom is 0.165 e. The summed E-state index contributed by atoms with van der Waals surface area (Å²) in [4.78, 5) is 0. The minimum atomic E-state index is -0.248. The second-order valence-corrected chi connectivity index (χ2v) is 5.18. The second kappa shape index (κ2) is 6.19. The van der Waals surface area contributed by atoms with Crippen molar-refractivity contribution in [2.45, 2.75) is 45.1 Å². The van der Waals surface area contributed by atoms with Gasteiger partial charge in [-0.3, -0.25) is 0 Å². The van der Waals surface area contributed by atoms with Crippen LogP contribution in [0.2, 0.25) is 0 Å². The molecule has 0 unspecified atom stereocenters. The fraction of sp³-hybridized carbons (Fsp3) is 0.600. The van der Waals surface area contributed by atoms with Crippen molar-refractivity contribution in [2.24, 2.45) is 11.7 Å². The van der Waals surface area contributed by atoms with E-state index in [-0.39, 0.29) is 5.82 Å². The zero-order chi connectivity index (χ0) is 13.0. The molecule has 0 aliphatic heterocycles. The van der Waals surface area contributed by atoms with Gasteiger partial charge in [0.05, 0.1) is 6.61 Å². The Morgan fingerprint density at radius 1 is 1.28 bits per heavy atom. The molecule has 1 aliphatic carbocycles. The van der Waals surface area contributed by atoms with Crippen molar-refractivity contribution < 1.29 is 9.13 Å². The number of nitrogens with two attached hydrogens (primary N) is 1. The van der Waals surface area contributed by atoms with Gasteiger partial charge in [0.25, 0.3) is 0 Å². The van der Waals surface area contributed by atoms with Crippen LogP contribution in [-0.4, -0.2) is 12.6 Å². The van der Waals surface area contributed by atoms with Crippen LogP contribution in [0.5, 0.6) is 5.75 Å². The molecule has 0 radical (unpaired) electrons. The number of hydrogen-bond donors (Lipinski definition) is 1. The van der Waals surface area contributed by atoms with Gasteiger partial charge < -0.3 is 10.5 Å². The normalized spacial score (nSPS) is 23.9. The molecule has 1 aromatic rings. The van der Waals surface area contributed by atoms with Crippen molar-refractivity contribution in [2.75, 3.05) is 6.61 Å². The van der Waals surface area contributed by atoms with Crippen LogP contribution in [0.4, 0.5) is 4.39 Å². The lowest BCUT2D eigenvalue weighted by atomic mass is 9.83. The molecule has 3 heteroatoms. The van der Waals surface area contributed by atoms with Crippen LogP contribution in [0, 0.1) is 11.7 Å². The van der Waals surface area contributed by atoms with Gasteiger partial charge in [0.1, 0.15) is 0 Å². The molecule has 1 fully saturated rings. The highest BCUT2D eigenvalue weighted by molar-refractivity contribution is 5.29. The summed E-state index contributed by atoms with van der Waals surface area (Å²) in [6.45, 7) is 2.36. The summed E-state index contributed by atoms with van der Waals surface area (Å²) in [5.74, 6) is 0.760. The maximum atomic E-state index is 13.7. The fourth-order valence-electron chi connectivity index (χ4n) is 2.67. The van der Waals surface area contributed by atoms with Crippen molar-refractivity contribution in [3.8, 4) is 5.75 Å². The standard InChI is InChI=1S/C15H22FNO/c1-2-18-15-8-5-12(10-14(15)16)9-11-3-6-13(17)7-4-11/h5,8,10-11,13H,2-4,6-7,9,17H2,1H3. The Bertz CT molecular complexity index is 386. The van der Waals surface area contributed by atoms with Gasteiger partial charge >= 0.3 is 0 Å². The van der Waals surface area contributed by atoms with E-state index >= 15 is 0 Å². The molecular weight excluding hydrogens is 229 g/mol. The van der Waals surface area contributed by atoms with Crippen molar-refractivity contribution in [1.82, 2.24) is 0 Å². The highest BCUT2D eigenvalue weighted by atomic mass is 19.1. The van der Waals surface area contributed by atoms with Crippen molar-refractivity contribution in [3.63, 3.8) is 0 Å². The van der Waals surface area contributed by atoms with Crippen LogP contribution >= 0.6 is 0 Å². The Balaban J connectivity index is 1.95. The number of rotatable bonds is 4. The lowest BCUT2D eigenvalue weighted by Crippen LogP contribution is -2.27. The third kappa shape index (κ3) is 3.45. The van der Waals surface area contributed by atoms with Gasteiger partial charge in [-0.2, -0.15) is 0 Å². The average Bonchev–Trinajstić information content (AvgIpc) is 2.36. The van der Waals surface area contributed by atoms with E-state index in [1.54, 1.807) is 12.1 Å². The van der Waals surface area contributed by atoms with Gasteiger partial charge in [0.15, 0.2) is 11.6 Å². The van der Waals surface area contributed by atoms with E-state index in [1.165, 1.54) is 0 Å². The molecule has 0 aromatic heterocycles. The summed E-state index contributed by atoms with van der Waals surface area (Å²) >= 11 is 0. The first-order valence-corrected chi connectivity index (χ1v) is 6.86. The molecule has 2 N–H and O–H groups in total. The molecular formula is C15H22FNO. The molecule has 1 aromatic carbocycles. The Hall–Kier alpha value is -1.09. The van der Waals surface area contributed by atoms with E-state index in [0.717, 1.165) is 37.7 Å². The number of ether oxygens (including phenoxy) is 1. The van der Waals surface area contributed by atoms with Crippen LogP contribution in [0.25, 0.3) is 0 Å². The van der Waals surface area contributed by atoms with Crippen molar-refractivity contribution in [1.29, 1.82) is 0 Å². The van der Waals surface area contributed by atoms with Crippen LogP contribution in [-0.2, 0) is 6.42 Å². The molecule has 0 saturated heterocycles. The first-order valence-electron chi connectivity index (χ1n) is 6.86. The molecule has 0 bridgehead atoms. The summed E-state index contributed by atoms with van der Waals surface area (Å²) in [7, 11) is 0. The molecule has 2 rings (SSSR count). The molecule has 100 valence electrons. The predicted octanol–water partition coefficient (Wildman–Crippen LogP) is 3.28. The molecule has 0 spiro atoms. The van der Waals surface area contributed by atoms with Gasteiger partial charge in [0.2, 0.25) is 0 Å². The van der Waals surface area contributed by atoms with E-state index in [0.29, 0.717) is 24.3 Å². The minimum absolute atomic E-state index is 0.248. The van der Waals surface area contributed by atoms with Gasteiger partial charge in [-0.25, -0.2) is 4.39 Å². The molecule has 1 aliphatic rings. The Morgan fingerprint density at radius 2 is 2.00 bits per heavy atom. The van der Waals surface area contributed by atoms with Crippen LogP contribution in [0.3, 0.4) is 0 Å². The lowest BCUT2D eigenvalue weighted by molar-refractivity contribution is 0.317. The SMILES string of the molecule is CCOc1ccc(CC2CCC(N)CC2)cc1F. The highest BCUT2D eigenvalue weighted by Crippen LogP contribution is 2.28. The maximum absolute atomic E-state index is 13.7. The predicted molar refractivity (Wildman–Crippen MR) is 71.2 cm³/mol. The molecule has 0 atom stereocenters. The molecule has 2 nitrogen and oxygen atoms in total. The van der Waals surface area contributed by atoms with E-state index in [9.17, 15) is 4.39 Å². The van der Waals surface area contributed by atoms with E-state index in [1.807, 2.05) is 13.0 Å². The zero-order valence-corrected chi connectivity index (χ0v) is 11.0. The zero-order valence-electron chi connectivity index (χ0n) is 11.0. The Morgan fingerprint density at radius 3 is 2.61 bits per heavy atom. The van der Waals surface area contributed by atoms with Crippen LogP contribution < -0.4 is 10.5 Å². The summed E-state index contributed by atoms with van der Waals surface area (Å²) < 4.78 is 18.9. The molecule has 18 heavy (non-hydrogen) atoms. The Labute approximate surface area is 108 Å². The number of halogens is 1. The van der Waals surface area contributed by atoms with Crippen LogP contribution in [0.15, 0.2) is 18.2 Å². The quantitative estimate of drug-likeness (QED) is 0.891. The van der Waals surface area contributed by atoms with Gasteiger partial charge in [0, 0.05) is 6.04 Å². The highest BCUT2D eigenvalue weighted by Gasteiger charge is 2.19. The lowest BCUT2D eigenvalue weighted by Gasteiger charge is -2.26. The van der Waals surface area contributed by atoms with Crippen LogP contribution in [0.1, 0.15) is 38.2 Å².